The molecule has 0 aliphatic rings. The molecule has 0 aliphatic heterocycles. The third kappa shape index (κ3) is 3.92. The summed E-state index contributed by atoms with van der Waals surface area (Å²) in [5.74, 6) is 0. The summed E-state index contributed by atoms with van der Waals surface area (Å²) in [7, 11) is 0. The van der Waals surface area contributed by atoms with Crippen molar-refractivity contribution in [1.29, 1.82) is 0 Å². The van der Waals surface area contributed by atoms with Crippen molar-refractivity contribution in [2.24, 2.45) is 0 Å². The van der Waals surface area contributed by atoms with Crippen LogP contribution >= 0.6 is 0 Å². The molecule has 0 heterocycles. The first-order valence-electron chi connectivity index (χ1n) is 13.7. The molecular formula is C39H30. The molecule has 0 unspecified atom stereocenters. The average Bonchev–Trinajstić information content (AvgIpc) is 2.96. The minimum atomic E-state index is 1.25. The highest BCUT2D eigenvalue weighted by molar-refractivity contribution is 6.05. The average molecular weight is 499 g/mol. The fourth-order valence-corrected chi connectivity index (χ4v) is 6.40. The molecule has 0 heteroatoms. The zero-order chi connectivity index (χ0) is 26.5. The van der Waals surface area contributed by atoms with Crippen LogP contribution in [0.3, 0.4) is 0 Å². The quantitative estimate of drug-likeness (QED) is 0.227. The van der Waals surface area contributed by atoms with E-state index >= 15 is 0 Å². The fraction of sp³-hybridized carbons (Fsp3) is 0.0769. The number of benzene rings is 7. The summed E-state index contributed by atoms with van der Waals surface area (Å²) in [5.41, 5.74) is 11.5. The first kappa shape index (κ1) is 23.4. The molecule has 0 nitrogen and oxygen atoms in total. The van der Waals surface area contributed by atoms with Gasteiger partial charge in [0.2, 0.25) is 0 Å². The molecular weight excluding hydrogens is 468 g/mol. The van der Waals surface area contributed by atoms with Crippen LogP contribution in [0, 0.1) is 20.8 Å². The molecule has 186 valence electrons. The largest absolute Gasteiger partial charge is 0.0614 e. The van der Waals surface area contributed by atoms with E-state index in [0.717, 1.165) is 0 Å². The Bertz CT molecular complexity index is 1780. The van der Waals surface area contributed by atoms with Crippen molar-refractivity contribution < 1.29 is 0 Å². The topological polar surface area (TPSA) is 0 Å². The van der Waals surface area contributed by atoms with Gasteiger partial charge >= 0.3 is 0 Å². The normalized spacial score (nSPS) is 11.5. The van der Waals surface area contributed by atoms with Crippen molar-refractivity contribution in [3.8, 4) is 33.4 Å². The van der Waals surface area contributed by atoms with Crippen molar-refractivity contribution in [1.82, 2.24) is 0 Å². The molecule has 0 aromatic heterocycles. The van der Waals surface area contributed by atoms with Crippen LogP contribution in [-0.2, 0) is 0 Å². The second-order valence-corrected chi connectivity index (χ2v) is 10.7. The molecule has 7 rings (SSSR count). The van der Waals surface area contributed by atoms with Gasteiger partial charge < -0.3 is 0 Å². The van der Waals surface area contributed by atoms with Gasteiger partial charge in [0.25, 0.3) is 0 Å². The lowest BCUT2D eigenvalue weighted by molar-refractivity contribution is 1.51. The van der Waals surface area contributed by atoms with Crippen LogP contribution in [0.2, 0.25) is 0 Å². The summed E-state index contributed by atoms with van der Waals surface area (Å²) in [6.07, 6.45) is 0. The van der Waals surface area contributed by atoms with Crippen LogP contribution in [-0.4, -0.2) is 0 Å². The predicted octanol–water partition coefficient (Wildman–Crippen LogP) is 11.1. The first-order valence-corrected chi connectivity index (χ1v) is 13.7. The van der Waals surface area contributed by atoms with E-state index in [1.54, 1.807) is 0 Å². The SMILES string of the molecule is Cc1cccc2cccc(-c3cc(-c4cccc5cccc(C)c45)cc(-c4cccc5cccc(C)c45)c3)c12. The van der Waals surface area contributed by atoms with Crippen LogP contribution in [0.1, 0.15) is 16.7 Å². The van der Waals surface area contributed by atoms with Crippen LogP contribution in [0.5, 0.6) is 0 Å². The van der Waals surface area contributed by atoms with E-state index in [4.69, 9.17) is 0 Å². The molecule has 0 fully saturated rings. The molecule has 0 bridgehead atoms. The molecule has 7 aromatic carbocycles. The number of rotatable bonds is 3. The number of fused-ring (bicyclic) bond motifs is 3. The summed E-state index contributed by atoms with van der Waals surface area (Å²) in [4.78, 5) is 0. The smallest absolute Gasteiger partial charge is 0.00761 e. The monoisotopic (exact) mass is 498 g/mol. The van der Waals surface area contributed by atoms with E-state index in [9.17, 15) is 0 Å². The Hall–Kier alpha value is -4.68. The highest BCUT2D eigenvalue weighted by atomic mass is 14.2. The summed E-state index contributed by atoms with van der Waals surface area (Å²) in [6, 6.07) is 47.0. The van der Waals surface area contributed by atoms with Gasteiger partial charge in [0.1, 0.15) is 0 Å². The summed E-state index contributed by atoms with van der Waals surface area (Å²) >= 11 is 0. The van der Waals surface area contributed by atoms with Gasteiger partial charge in [0.15, 0.2) is 0 Å². The van der Waals surface area contributed by atoms with Crippen molar-refractivity contribution in [2.45, 2.75) is 20.8 Å². The van der Waals surface area contributed by atoms with Crippen LogP contribution in [0.25, 0.3) is 65.7 Å². The van der Waals surface area contributed by atoms with Gasteiger partial charge in [-0.3, -0.25) is 0 Å². The van der Waals surface area contributed by atoms with E-state index in [2.05, 4.69) is 148 Å². The standard InChI is InChI=1S/C39H30/c1-25-10-4-13-28-16-7-19-34(37(25)28)31-22-32(35-20-8-17-29-14-5-11-26(2)38(29)35)24-33(23-31)36-21-9-18-30-15-6-12-27(3)39(30)36/h4-24H,1-3H3. The summed E-state index contributed by atoms with van der Waals surface area (Å²) < 4.78 is 0. The minimum Gasteiger partial charge on any atom is -0.0614 e. The fourth-order valence-electron chi connectivity index (χ4n) is 6.40. The zero-order valence-corrected chi connectivity index (χ0v) is 22.6. The molecule has 0 amide bonds. The minimum absolute atomic E-state index is 1.25. The molecule has 0 radical (unpaired) electrons. The highest BCUT2D eigenvalue weighted by Crippen LogP contribution is 2.41. The van der Waals surface area contributed by atoms with Gasteiger partial charge in [0.05, 0.1) is 0 Å². The number of hydrogen-bond donors (Lipinski definition) is 0. The zero-order valence-electron chi connectivity index (χ0n) is 22.6. The van der Waals surface area contributed by atoms with Crippen molar-refractivity contribution >= 4 is 32.3 Å². The van der Waals surface area contributed by atoms with Gasteiger partial charge in [-0.05, 0) is 121 Å². The second kappa shape index (κ2) is 9.26. The van der Waals surface area contributed by atoms with E-state index in [-0.39, 0.29) is 0 Å². The Labute approximate surface area is 230 Å². The Morgan fingerprint density at radius 1 is 0.308 bits per heavy atom. The molecule has 0 saturated carbocycles. The summed E-state index contributed by atoms with van der Waals surface area (Å²) in [6.45, 7) is 6.66. The van der Waals surface area contributed by atoms with Gasteiger partial charge in [-0.25, -0.2) is 0 Å². The number of hydrogen-bond acceptors (Lipinski definition) is 0. The molecule has 0 spiro atoms. The molecule has 7 aromatic rings. The van der Waals surface area contributed by atoms with Gasteiger partial charge in [-0.15, -0.1) is 0 Å². The lowest BCUT2D eigenvalue weighted by Crippen LogP contribution is -1.91. The van der Waals surface area contributed by atoms with E-state index in [1.165, 1.54) is 82.4 Å². The van der Waals surface area contributed by atoms with Gasteiger partial charge in [0, 0.05) is 0 Å². The maximum atomic E-state index is 2.39. The predicted molar refractivity (Wildman–Crippen MR) is 169 cm³/mol. The van der Waals surface area contributed by atoms with Crippen molar-refractivity contribution in [2.75, 3.05) is 0 Å². The third-order valence-corrected chi connectivity index (χ3v) is 8.21. The maximum absolute atomic E-state index is 2.39. The van der Waals surface area contributed by atoms with Crippen LogP contribution < -0.4 is 0 Å². The van der Waals surface area contributed by atoms with Crippen molar-refractivity contribution in [3.63, 3.8) is 0 Å². The Kier molecular flexibility index (Phi) is 5.56. The lowest BCUT2D eigenvalue weighted by atomic mass is 9.87. The van der Waals surface area contributed by atoms with Crippen LogP contribution in [0.4, 0.5) is 0 Å². The van der Waals surface area contributed by atoms with E-state index < -0.39 is 0 Å². The second-order valence-electron chi connectivity index (χ2n) is 10.7. The van der Waals surface area contributed by atoms with E-state index in [1.807, 2.05) is 0 Å². The van der Waals surface area contributed by atoms with Gasteiger partial charge in [-0.2, -0.15) is 0 Å². The lowest BCUT2D eigenvalue weighted by Gasteiger charge is -2.17. The maximum Gasteiger partial charge on any atom is -0.00761 e. The molecule has 0 aliphatic carbocycles. The Morgan fingerprint density at radius 2 is 0.564 bits per heavy atom. The Balaban J connectivity index is 1.59. The van der Waals surface area contributed by atoms with Crippen molar-refractivity contribution in [3.05, 3.63) is 144 Å². The third-order valence-electron chi connectivity index (χ3n) is 8.21. The van der Waals surface area contributed by atoms with E-state index in [0.29, 0.717) is 0 Å². The Morgan fingerprint density at radius 3 is 0.846 bits per heavy atom. The summed E-state index contributed by atoms with van der Waals surface area (Å²) in [5, 5.41) is 7.81. The number of aryl methyl sites for hydroxylation is 3. The molecule has 39 heavy (non-hydrogen) atoms. The van der Waals surface area contributed by atoms with Crippen LogP contribution in [0.15, 0.2) is 127 Å². The molecule has 0 saturated heterocycles. The highest BCUT2D eigenvalue weighted by Gasteiger charge is 2.15. The molecule has 0 atom stereocenters. The molecule has 0 N–H and O–H groups in total. The van der Waals surface area contributed by atoms with Gasteiger partial charge in [-0.1, -0.05) is 109 Å². The first-order chi connectivity index (χ1) is 19.1.